The monoisotopic (exact) mass is 749 g/mol. The average molecular weight is 749 g/mol. The fraction of sp³-hybridized carbons (Fsp3) is 0.976. The maximum absolute atomic E-state index is 12.8. The van der Waals surface area contributed by atoms with Crippen LogP contribution in [0.4, 0.5) is 0 Å². The number of hydrogen-bond donors (Lipinski definition) is 5. The molecule has 4 unspecified atom stereocenters. The second-order valence-corrected chi connectivity index (χ2v) is 16.6. The van der Waals surface area contributed by atoms with Gasteiger partial charge in [0, 0.05) is 6.54 Å². The van der Waals surface area contributed by atoms with Crippen LogP contribution in [0.3, 0.4) is 0 Å². The molecule has 6 N–H and O–H groups in total. The van der Waals surface area contributed by atoms with E-state index in [0.29, 0.717) is 12.8 Å². The lowest BCUT2D eigenvalue weighted by Crippen LogP contribution is -2.47. The molecule has 9 nitrogen and oxygen atoms in total. The first-order valence-corrected chi connectivity index (χ1v) is 23.2. The minimum atomic E-state index is -4.37. The van der Waals surface area contributed by atoms with E-state index in [-0.39, 0.29) is 26.2 Å². The predicted molar refractivity (Wildman–Crippen MR) is 214 cm³/mol. The largest absolute Gasteiger partial charge is 0.472 e. The Labute approximate surface area is 315 Å². The molecule has 0 aliphatic carbocycles. The zero-order chi connectivity index (χ0) is 37.7. The minimum absolute atomic E-state index is 0.0625. The lowest BCUT2D eigenvalue weighted by atomic mass is 10.0. The molecule has 51 heavy (non-hydrogen) atoms. The molecule has 0 fully saturated rings. The van der Waals surface area contributed by atoms with Gasteiger partial charge in [-0.25, -0.2) is 4.57 Å². The van der Waals surface area contributed by atoms with Gasteiger partial charge in [0.15, 0.2) is 0 Å². The molecule has 4 atom stereocenters. The number of unbranched alkanes of at least 4 members (excludes halogenated alkanes) is 27. The molecule has 0 aromatic rings. The Morgan fingerprint density at radius 3 is 1.31 bits per heavy atom. The van der Waals surface area contributed by atoms with Crippen LogP contribution in [0.1, 0.15) is 219 Å². The van der Waals surface area contributed by atoms with Gasteiger partial charge in [0.25, 0.3) is 0 Å². The van der Waals surface area contributed by atoms with Gasteiger partial charge in [-0.15, -0.1) is 0 Å². The summed E-state index contributed by atoms with van der Waals surface area (Å²) in [5.41, 5.74) is 5.36. The summed E-state index contributed by atoms with van der Waals surface area (Å²) in [5, 5.41) is 24.1. The molecular weight excluding hydrogens is 663 g/mol. The zero-order valence-electron chi connectivity index (χ0n) is 33.5. The molecule has 0 saturated carbocycles. The summed E-state index contributed by atoms with van der Waals surface area (Å²) in [7, 11) is -4.37. The van der Waals surface area contributed by atoms with Crippen LogP contribution < -0.4 is 11.1 Å². The van der Waals surface area contributed by atoms with Crippen LogP contribution in [-0.2, 0) is 18.4 Å². The molecule has 306 valence electrons. The van der Waals surface area contributed by atoms with E-state index in [1.165, 1.54) is 148 Å². The topological polar surface area (TPSA) is 151 Å². The molecule has 0 spiro atoms. The number of nitrogens with two attached hydrogens (primary N) is 1. The summed E-state index contributed by atoms with van der Waals surface area (Å²) in [4.78, 5) is 22.7. The number of phosphoric acid groups is 1. The van der Waals surface area contributed by atoms with Crippen molar-refractivity contribution in [2.45, 2.75) is 238 Å². The van der Waals surface area contributed by atoms with Gasteiger partial charge in [0.2, 0.25) is 5.91 Å². The van der Waals surface area contributed by atoms with E-state index in [9.17, 15) is 24.5 Å². The molecule has 0 aliphatic rings. The quantitative estimate of drug-likeness (QED) is 0.0306. The second-order valence-electron chi connectivity index (χ2n) is 15.1. The summed E-state index contributed by atoms with van der Waals surface area (Å²) in [6.07, 6.45) is 35.8. The first-order valence-electron chi connectivity index (χ1n) is 21.7. The Balaban J connectivity index is 4.21. The number of phosphoric ester groups is 1. The molecule has 0 rings (SSSR count). The van der Waals surface area contributed by atoms with Crippen LogP contribution in [0, 0.1) is 0 Å². The molecule has 0 aromatic carbocycles. The number of amides is 1. The number of aliphatic hydroxyl groups excluding tert-OH is 2. The van der Waals surface area contributed by atoms with Crippen molar-refractivity contribution in [3.05, 3.63) is 0 Å². The summed E-state index contributed by atoms with van der Waals surface area (Å²) in [6, 6.07) is -0.889. The van der Waals surface area contributed by atoms with Crippen molar-refractivity contribution in [2.24, 2.45) is 5.73 Å². The summed E-state index contributed by atoms with van der Waals surface area (Å²) in [5.74, 6) is -0.411. The van der Waals surface area contributed by atoms with E-state index in [1.807, 2.05) is 0 Å². The van der Waals surface area contributed by atoms with Crippen molar-refractivity contribution >= 4 is 13.7 Å². The molecule has 0 heterocycles. The first-order chi connectivity index (χ1) is 24.8. The Morgan fingerprint density at radius 2 is 0.941 bits per heavy atom. The first kappa shape index (κ1) is 50.5. The third-order valence-electron chi connectivity index (χ3n) is 10.0. The third-order valence-corrected chi connectivity index (χ3v) is 11.0. The molecule has 1 amide bonds. The summed E-state index contributed by atoms with van der Waals surface area (Å²) >= 11 is 0. The van der Waals surface area contributed by atoms with Gasteiger partial charge in [-0.3, -0.25) is 13.8 Å². The summed E-state index contributed by atoms with van der Waals surface area (Å²) in [6.45, 7) is 4.05. The second kappa shape index (κ2) is 37.8. The SMILES string of the molecule is CCCCCCCCCCCCCCCCCCCCCC(O)C(COP(=O)(O)OCCN)NC(=O)CC(O)CCCCCCCCCCCC. The Morgan fingerprint density at radius 1 is 0.588 bits per heavy atom. The maximum atomic E-state index is 12.8. The number of aliphatic hydroxyl groups is 2. The molecule has 10 heteroatoms. The van der Waals surface area contributed by atoms with E-state index in [4.69, 9.17) is 14.8 Å². The van der Waals surface area contributed by atoms with Crippen molar-refractivity contribution in [2.75, 3.05) is 19.8 Å². The molecule has 0 radical (unpaired) electrons. The number of hydrogen-bond acceptors (Lipinski definition) is 7. The van der Waals surface area contributed by atoms with Gasteiger partial charge in [0.05, 0.1) is 37.9 Å². The van der Waals surface area contributed by atoms with E-state index in [2.05, 4.69) is 19.2 Å². The van der Waals surface area contributed by atoms with Crippen molar-refractivity contribution in [1.29, 1.82) is 0 Å². The Bertz CT molecular complexity index is 791. The van der Waals surface area contributed by atoms with Gasteiger partial charge in [-0.05, 0) is 12.8 Å². The fourth-order valence-corrected chi connectivity index (χ4v) is 7.47. The average Bonchev–Trinajstić information content (AvgIpc) is 3.10. The molecule has 0 bridgehead atoms. The molecule has 0 aliphatic heterocycles. The van der Waals surface area contributed by atoms with Gasteiger partial charge in [0.1, 0.15) is 0 Å². The zero-order valence-corrected chi connectivity index (χ0v) is 34.4. The minimum Gasteiger partial charge on any atom is -0.393 e. The van der Waals surface area contributed by atoms with E-state index >= 15 is 0 Å². The van der Waals surface area contributed by atoms with Gasteiger partial charge < -0.3 is 26.2 Å². The number of rotatable bonds is 41. The van der Waals surface area contributed by atoms with E-state index in [0.717, 1.165) is 38.5 Å². The highest BCUT2D eigenvalue weighted by atomic mass is 31.2. The lowest BCUT2D eigenvalue weighted by molar-refractivity contribution is -0.125. The van der Waals surface area contributed by atoms with Crippen LogP contribution in [0.15, 0.2) is 0 Å². The van der Waals surface area contributed by atoms with Gasteiger partial charge in [-0.1, -0.05) is 200 Å². The number of nitrogens with one attached hydrogen (secondary N) is 1. The van der Waals surface area contributed by atoms with Gasteiger partial charge in [-0.2, -0.15) is 0 Å². The Kier molecular flexibility index (Phi) is 37.4. The number of carbonyl (C=O) groups excluding carboxylic acids is 1. The highest BCUT2D eigenvalue weighted by molar-refractivity contribution is 7.47. The highest BCUT2D eigenvalue weighted by Gasteiger charge is 2.28. The standard InChI is InChI=1S/C41H85N2O7P/c1-3-5-7-9-11-13-15-16-17-18-19-20-21-22-23-25-27-29-31-33-40(45)39(37-50-51(47,48)49-35-34-42)43-41(46)36-38(44)32-30-28-26-24-14-12-10-8-6-4-2/h38-40,44-45H,3-37,42H2,1-2H3,(H,43,46)(H,47,48). The maximum Gasteiger partial charge on any atom is 0.472 e. The molecule has 0 aromatic heterocycles. The van der Waals surface area contributed by atoms with Crippen molar-refractivity contribution in [3.8, 4) is 0 Å². The van der Waals surface area contributed by atoms with Crippen LogP contribution in [-0.4, -0.2) is 59.0 Å². The smallest absolute Gasteiger partial charge is 0.393 e. The van der Waals surface area contributed by atoms with Gasteiger partial charge >= 0.3 is 7.82 Å². The normalized spacial score (nSPS) is 14.7. The molecule has 0 saturated heterocycles. The van der Waals surface area contributed by atoms with Crippen molar-refractivity contribution in [1.82, 2.24) is 5.32 Å². The molecular formula is C41H85N2O7P. The van der Waals surface area contributed by atoms with Crippen LogP contribution in [0.25, 0.3) is 0 Å². The summed E-state index contributed by atoms with van der Waals surface area (Å²) < 4.78 is 22.1. The predicted octanol–water partition coefficient (Wildman–Crippen LogP) is 10.8. The van der Waals surface area contributed by atoms with Crippen LogP contribution >= 0.6 is 7.82 Å². The Hall–Kier alpha value is -0.540. The number of carbonyl (C=O) groups is 1. The van der Waals surface area contributed by atoms with Crippen molar-refractivity contribution < 1.29 is 33.5 Å². The van der Waals surface area contributed by atoms with Crippen molar-refractivity contribution in [3.63, 3.8) is 0 Å². The third kappa shape index (κ3) is 36.2. The highest BCUT2D eigenvalue weighted by Crippen LogP contribution is 2.43. The fourth-order valence-electron chi connectivity index (χ4n) is 6.71. The van der Waals surface area contributed by atoms with Crippen LogP contribution in [0.5, 0.6) is 0 Å². The lowest BCUT2D eigenvalue weighted by Gasteiger charge is -2.25. The van der Waals surface area contributed by atoms with E-state index < -0.39 is 32.0 Å². The van der Waals surface area contributed by atoms with E-state index in [1.54, 1.807) is 0 Å². The van der Waals surface area contributed by atoms with Crippen LogP contribution in [0.2, 0.25) is 0 Å².